The van der Waals surface area contributed by atoms with Crippen molar-refractivity contribution < 1.29 is 27.9 Å². The number of imide groups is 1. The number of hydrogen-bond acceptors (Lipinski definition) is 5. The van der Waals surface area contributed by atoms with E-state index in [1.165, 1.54) is 6.92 Å². The molecule has 2 rings (SSSR count). The lowest BCUT2D eigenvalue weighted by atomic mass is 9.99. The summed E-state index contributed by atoms with van der Waals surface area (Å²) in [6.07, 6.45) is 0.424. The van der Waals surface area contributed by atoms with Gasteiger partial charge in [-0.25, -0.2) is 17.5 Å². The van der Waals surface area contributed by atoms with Gasteiger partial charge in [0, 0.05) is 13.1 Å². The maximum atomic E-state index is 12.5. The number of sulfonamides is 1. The highest BCUT2D eigenvalue weighted by Crippen LogP contribution is 2.23. The molecule has 3 N–H and O–H groups in total. The van der Waals surface area contributed by atoms with Crippen LogP contribution in [0.4, 0.5) is 4.79 Å². The van der Waals surface area contributed by atoms with Gasteiger partial charge in [-0.15, -0.1) is 0 Å². The zero-order valence-corrected chi connectivity index (χ0v) is 12.2. The van der Waals surface area contributed by atoms with Crippen LogP contribution in [-0.2, 0) is 19.6 Å². The van der Waals surface area contributed by atoms with E-state index in [0.717, 1.165) is 4.31 Å². The van der Waals surface area contributed by atoms with Crippen molar-refractivity contribution in [2.45, 2.75) is 31.1 Å². The molecule has 2 atom stereocenters. The summed E-state index contributed by atoms with van der Waals surface area (Å²) in [5, 5.41) is 11.8. The van der Waals surface area contributed by atoms with Gasteiger partial charge in [0.25, 0.3) is 0 Å². The third-order valence-corrected chi connectivity index (χ3v) is 6.14. The molecule has 2 unspecified atom stereocenters. The van der Waals surface area contributed by atoms with Gasteiger partial charge in [-0.2, -0.15) is 0 Å². The Morgan fingerprint density at radius 1 is 1.29 bits per heavy atom. The van der Waals surface area contributed by atoms with Crippen LogP contribution in [0.1, 0.15) is 19.8 Å². The lowest BCUT2D eigenvalue weighted by molar-refractivity contribution is -0.143. The van der Waals surface area contributed by atoms with E-state index >= 15 is 0 Å². The summed E-state index contributed by atoms with van der Waals surface area (Å²) in [5.41, 5.74) is 0. The van der Waals surface area contributed by atoms with E-state index in [1.54, 1.807) is 0 Å². The molecular weight excluding hydrogens is 302 g/mol. The number of carboxylic acids is 1. The molecule has 3 amide bonds. The monoisotopic (exact) mass is 319 g/mol. The molecule has 2 saturated heterocycles. The van der Waals surface area contributed by atoms with Crippen LogP contribution in [-0.4, -0.2) is 60.1 Å². The summed E-state index contributed by atoms with van der Waals surface area (Å²) >= 11 is 0. The van der Waals surface area contributed by atoms with Crippen LogP contribution in [0.15, 0.2) is 0 Å². The number of nitrogens with one attached hydrogen (secondary N) is 2. The molecule has 0 bridgehead atoms. The summed E-state index contributed by atoms with van der Waals surface area (Å²) in [6, 6.07) is -1.56. The maximum Gasteiger partial charge on any atom is 0.321 e. The lowest BCUT2D eigenvalue weighted by Crippen LogP contribution is -2.64. The molecule has 0 aromatic heterocycles. The van der Waals surface area contributed by atoms with Gasteiger partial charge >= 0.3 is 12.0 Å². The van der Waals surface area contributed by atoms with Crippen molar-refractivity contribution in [2.75, 3.05) is 13.1 Å². The molecule has 2 aliphatic heterocycles. The van der Waals surface area contributed by atoms with Gasteiger partial charge < -0.3 is 10.4 Å². The van der Waals surface area contributed by atoms with Crippen molar-refractivity contribution in [1.29, 1.82) is 0 Å². The van der Waals surface area contributed by atoms with Gasteiger partial charge in [0.1, 0.15) is 0 Å². The number of hydrogen-bond donors (Lipinski definition) is 3. The largest absolute Gasteiger partial charge is 0.481 e. The van der Waals surface area contributed by atoms with Crippen LogP contribution in [0.25, 0.3) is 0 Å². The van der Waals surface area contributed by atoms with Crippen LogP contribution in [0.5, 0.6) is 0 Å². The van der Waals surface area contributed by atoms with Gasteiger partial charge in [-0.3, -0.25) is 14.9 Å². The van der Waals surface area contributed by atoms with Gasteiger partial charge in [-0.1, -0.05) is 0 Å². The van der Waals surface area contributed by atoms with E-state index in [2.05, 4.69) is 5.32 Å². The van der Waals surface area contributed by atoms with Crippen molar-refractivity contribution >= 4 is 27.9 Å². The second-order valence-corrected chi connectivity index (χ2v) is 7.28. The van der Waals surface area contributed by atoms with Crippen LogP contribution in [0, 0.1) is 5.92 Å². The maximum absolute atomic E-state index is 12.5. The number of aliphatic carboxylic acids is 1. The van der Waals surface area contributed by atoms with E-state index in [9.17, 15) is 22.8 Å². The SMILES string of the molecule is CC1NC(=O)NC(=O)C1S(=O)(=O)N1CCC(C(=O)O)CC1. The second-order valence-electron chi connectivity index (χ2n) is 5.23. The predicted octanol–water partition coefficient (Wildman–Crippen LogP) is -1.29. The molecule has 2 heterocycles. The molecule has 0 radical (unpaired) electrons. The topological polar surface area (TPSA) is 133 Å². The number of carboxylic acid groups (broad SMARTS) is 1. The number of urea groups is 1. The Hall–Kier alpha value is -1.68. The summed E-state index contributed by atoms with van der Waals surface area (Å²) in [6.45, 7) is 1.57. The Morgan fingerprint density at radius 2 is 1.86 bits per heavy atom. The predicted molar refractivity (Wildman–Crippen MR) is 70.8 cm³/mol. The second kappa shape index (κ2) is 5.60. The van der Waals surface area contributed by atoms with Gasteiger partial charge in [-0.05, 0) is 19.8 Å². The minimum absolute atomic E-state index is 0.0593. The average molecular weight is 319 g/mol. The number of piperidine rings is 1. The molecular formula is C11H17N3O6S. The Balaban J connectivity index is 2.13. The lowest BCUT2D eigenvalue weighted by Gasteiger charge is -2.35. The summed E-state index contributed by atoms with van der Waals surface area (Å²) in [7, 11) is -3.94. The smallest absolute Gasteiger partial charge is 0.321 e. The van der Waals surface area contributed by atoms with Crippen molar-refractivity contribution in [1.82, 2.24) is 14.9 Å². The minimum Gasteiger partial charge on any atom is -0.481 e. The molecule has 0 aromatic carbocycles. The normalized spacial score (nSPS) is 28.8. The number of carbonyl (C=O) groups excluding carboxylic acids is 2. The van der Waals surface area contributed by atoms with Crippen molar-refractivity contribution in [3.63, 3.8) is 0 Å². The molecule has 9 nitrogen and oxygen atoms in total. The Kier molecular flexibility index (Phi) is 4.19. The zero-order chi connectivity index (χ0) is 15.8. The number of amides is 3. The van der Waals surface area contributed by atoms with E-state index in [0.29, 0.717) is 0 Å². The Bertz CT molecular complexity index is 567. The highest BCUT2D eigenvalue weighted by molar-refractivity contribution is 7.90. The Labute approximate surface area is 121 Å². The van der Waals surface area contributed by atoms with Crippen molar-refractivity contribution in [2.24, 2.45) is 5.92 Å². The van der Waals surface area contributed by atoms with Crippen molar-refractivity contribution in [3.05, 3.63) is 0 Å². The van der Waals surface area contributed by atoms with E-state index < -0.39 is 45.1 Å². The van der Waals surface area contributed by atoms with Crippen LogP contribution in [0.3, 0.4) is 0 Å². The third kappa shape index (κ3) is 3.00. The molecule has 0 aliphatic carbocycles. The highest BCUT2D eigenvalue weighted by Gasteiger charge is 2.46. The number of nitrogens with zero attached hydrogens (tertiary/aromatic N) is 1. The zero-order valence-electron chi connectivity index (χ0n) is 11.4. The fourth-order valence-corrected chi connectivity index (χ4v) is 4.59. The first-order chi connectivity index (χ1) is 9.73. The van der Waals surface area contributed by atoms with Crippen LogP contribution in [0.2, 0.25) is 0 Å². The molecule has 0 spiro atoms. The van der Waals surface area contributed by atoms with Gasteiger partial charge in [0.05, 0.1) is 12.0 Å². The summed E-state index contributed by atoms with van der Waals surface area (Å²) in [5.74, 6) is -2.36. The molecule has 21 heavy (non-hydrogen) atoms. The fraction of sp³-hybridized carbons (Fsp3) is 0.727. The molecule has 10 heteroatoms. The minimum atomic E-state index is -3.94. The average Bonchev–Trinajstić information content (AvgIpc) is 2.37. The first-order valence-corrected chi connectivity index (χ1v) is 8.07. The number of carbonyl (C=O) groups is 3. The van der Waals surface area contributed by atoms with Crippen molar-refractivity contribution in [3.8, 4) is 0 Å². The van der Waals surface area contributed by atoms with E-state index in [1.807, 2.05) is 5.32 Å². The molecule has 0 saturated carbocycles. The van der Waals surface area contributed by atoms with E-state index in [4.69, 9.17) is 5.11 Å². The first-order valence-electron chi connectivity index (χ1n) is 6.56. The van der Waals surface area contributed by atoms with Gasteiger partial charge in [0.15, 0.2) is 5.25 Å². The summed E-state index contributed by atoms with van der Waals surface area (Å²) < 4.78 is 26.2. The molecule has 0 aromatic rings. The van der Waals surface area contributed by atoms with E-state index in [-0.39, 0.29) is 25.9 Å². The molecule has 2 aliphatic rings. The van der Waals surface area contributed by atoms with Crippen LogP contribution >= 0.6 is 0 Å². The molecule has 118 valence electrons. The number of rotatable bonds is 3. The third-order valence-electron chi connectivity index (χ3n) is 3.79. The highest BCUT2D eigenvalue weighted by atomic mass is 32.2. The first kappa shape index (κ1) is 15.7. The Morgan fingerprint density at radius 3 is 2.33 bits per heavy atom. The molecule has 2 fully saturated rings. The standard InChI is InChI=1S/C11H17N3O6S/c1-6-8(9(15)13-11(18)12-6)21(19,20)14-4-2-7(3-5-14)10(16)17/h6-8H,2-5H2,1H3,(H,16,17)(H2,12,13,15,18). The quantitative estimate of drug-likeness (QED) is 0.593. The fourth-order valence-electron chi connectivity index (χ4n) is 2.64. The van der Waals surface area contributed by atoms with Gasteiger partial charge in [0.2, 0.25) is 15.9 Å². The van der Waals surface area contributed by atoms with Crippen LogP contribution < -0.4 is 10.6 Å². The summed E-state index contributed by atoms with van der Waals surface area (Å²) in [4.78, 5) is 33.8.